The Morgan fingerprint density at radius 2 is 1.67 bits per heavy atom. The summed E-state index contributed by atoms with van der Waals surface area (Å²) in [4.78, 5) is 25.0. The van der Waals surface area contributed by atoms with Gasteiger partial charge in [0.1, 0.15) is 11.5 Å². The van der Waals surface area contributed by atoms with Gasteiger partial charge in [-0.1, -0.05) is 0 Å². The van der Waals surface area contributed by atoms with Crippen LogP contribution < -0.4 is 0 Å². The molecule has 0 spiro atoms. The van der Waals surface area contributed by atoms with Gasteiger partial charge >= 0.3 is 5.97 Å². The molecule has 1 N–H and O–H groups in total. The largest absolute Gasteiger partial charge is 0.481 e. The molecular weight excluding hydrogens is 274 g/mol. The molecular formula is C15H15NO5. The normalized spacial score (nSPS) is 20.2. The summed E-state index contributed by atoms with van der Waals surface area (Å²) < 4.78 is 10.5. The SMILES string of the molecule is O=C(O)[C@H]1C[C@@H]1C(=O)N(Cc1ccco1)Cc1ccco1. The molecule has 1 saturated carbocycles. The number of amides is 1. The molecule has 2 aromatic heterocycles. The molecule has 0 radical (unpaired) electrons. The minimum Gasteiger partial charge on any atom is -0.481 e. The Kier molecular flexibility index (Phi) is 3.51. The van der Waals surface area contributed by atoms with Gasteiger partial charge in [-0.25, -0.2) is 0 Å². The van der Waals surface area contributed by atoms with Crippen molar-refractivity contribution in [3.63, 3.8) is 0 Å². The van der Waals surface area contributed by atoms with Crippen molar-refractivity contribution in [2.24, 2.45) is 11.8 Å². The number of carboxylic acid groups (broad SMARTS) is 1. The van der Waals surface area contributed by atoms with Gasteiger partial charge in [-0.2, -0.15) is 0 Å². The molecule has 1 amide bonds. The van der Waals surface area contributed by atoms with Crippen molar-refractivity contribution in [3.05, 3.63) is 48.3 Å². The summed E-state index contributed by atoms with van der Waals surface area (Å²) in [7, 11) is 0. The van der Waals surface area contributed by atoms with E-state index >= 15 is 0 Å². The third-order valence-corrected chi connectivity index (χ3v) is 3.59. The highest BCUT2D eigenvalue weighted by molar-refractivity contribution is 5.89. The minimum absolute atomic E-state index is 0.171. The van der Waals surface area contributed by atoms with Crippen LogP contribution in [0.3, 0.4) is 0 Å². The molecule has 2 aromatic rings. The summed E-state index contributed by atoms with van der Waals surface area (Å²) in [6.07, 6.45) is 3.49. The van der Waals surface area contributed by atoms with Gasteiger partial charge in [0.05, 0.1) is 37.5 Å². The van der Waals surface area contributed by atoms with Gasteiger partial charge in [0.25, 0.3) is 0 Å². The Balaban J connectivity index is 1.72. The second kappa shape index (κ2) is 5.47. The topological polar surface area (TPSA) is 83.9 Å². The summed E-state index contributed by atoms with van der Waals surface area (Å²) in [5, 5.41) is 8.96. The van der Waals surface area contributed by atoms with Crippen LogP contribution in [-0.2, 0) is 22.7 Å². The van der Waals surface area contributed by atoms with E-state index in [1.54, 1.807) is 41.7 Å². The van der Waals surface area contributed by atoms with Gasteiger partial charge < -0.3 is 18.8 Å². The first kappa shape index (κ1) is 13.5. The number of hydrogen-bond donors (Lipinski definition) is 1. The number of carbonyl (C=O) groups excluding carboxylic acids is 1. The maximum Gasteiger partial charge on any atom is 0.307 e. The minimum atomic E-state index is -0.913. The lowest BCUT2D eigenvalue weighted by Crippen LogP contribution is -2.32. The molecule has 0 saturated heterocycles. The molecule has 1 fully saturated rings. The van der Waals surface area contributed by atoms with E-state index in [9.17, 15) is 9.59 Å². The molecule has 0 bridgehead atoms. The number of furan rings is 2. The van der Waals surface area contributed by atoms with Crippen LogP contribution in [0.1, 0.15) is 17.9 Å². The fourth-order valence-corrected chi connectivity index (χ4v) is 2.37. The van der Waals surface area contributed by atoms with Crippen LogP contribution in [-0.4, -0.2) is 21.9 Å². The summed E-state index contributed by atoms with van der Waals surface area (Å²) in [6.45, 7) is 0.602. The average Bonchev–Trinajstić information content (AvgIpc) is 2.85. The fourth-order valence-electron chi connectivity index (χ4n) is 2.37. The van der Waals surface area contributed by atoms with E-state index in [1.807, 2.05) is 0 Å². The third-order valence-electron chi connectivity index (χ3n) is 3.59. The molecule has 2 atom stereocenters. The highest BCUT2D eigenvalue weighted by Crippen LogP contribution is 2.40. The number of rotatable bonds is 6. The molecule has 1 aliphatic rings. The third kappa shape index (κ3) is 2.99. The summed E-state index contributed by atoms with van der Waals surface area (Å²) in [5.41, 5.74) is 0. The predicted molar refractivity (Wildman–Crippen MR) is 70.9 cm³/mol. The standard InChI is InChI=1S/C15H15NO5/c17-14(12-7-13(12)15(18)19)16(8-10-3-1-5-20-10)9-11-4-2-6-21-11/h1-6,12-13H,7-9H2,(H,18,19)/t12-,13-/m0/s1. The number of nitrogens with zero attached hydrogens (tertiary/aromatic N) is 1. The maximum atomic E-state index is 12.5. The first-order valence-corrected chi connectivity index (χ1v) is 6.71. The highest BCUT2D eigenvalue weighted by Gasteiger charge is 2.49. The lowest BCUT2D eigenvalue weighted by atomic mass is 10.2. The Morgan fingerprint density at radius 3 is 2.05 bits per heavy atom. The van der Waals surface area contributed by atoms with Crippen LogP contribution >= 0.6 is 0 Å². The van der Waals surface area contributed by atoms with Crippen LogP contribution in [0, 0.1) is 11.8 Å². The molecule has 6 heteroatoms. The fraction of sp³-hybridized carbons (Fsp3) is 0.333. The molecule has 21 heavy (non-hydrogen) atoms. The van der Waals surface area contributed by atoms with Crippen LogP contribution in [0.5, 0.6) is 0 Å². The van der Waals surface area contributed by atoms with E-state index in [0.29, 0.717) is 31.0 Å². The van der Waals surface area contributed by atoms with Crippen molar-refractivity contribution in [3.8, 4) is 0 Å². The molecule has 0 aromatic carbocycles. The lowest BCUT2D eigenvalue weighted by molar-refractivity contribution is -0.142. The zero-order chi connectivity index (χ0) is 14.8. The van der Waals surface area contributed by atoms with Crippen molar-refractivity contribution < 1.29 is 23.5 Å². The van der Waals surface area contributed by atoms with Gasteiger partial charge in [-0.3, -0.25) is 9.59 Å². The maximum absolute atomic E-state index is 12.5. The molecule has 2 heterocycles. The molecule has 6 nitrogen and oxygen atoms in total. The second-order valence-corrected chi connectivity index (χ2v) is 5.14. The molecule has 0 unspecified atom stereocenters. The Bertz CT molecular complexity index is 580. The zero-order valence-electron chi connectivity index (χ0n) is 11.3. The van der Waals surface area contributed by atoms with Crippen molar-refractivity contribution in [1.82, 2.24) is 4.90 Å². The van der Waals surface area contributed by atoms with E-state index in [0.717, 1.165) is 0 Å². The van der Waals surface area contributed by atoms with Crippen molar-refractivity contribution >= 4 is 11.9 Å². The number of carboxylic acids is 1. The molecule has 0 aliphatic heterocycles. The van der Waals surface area contributed by atoms with Gasteiger partial charge in [0, 0.05) is 0 Å². The van der Waals surface area contributed by atoms with Crippen molar-refractivity contribution in [2.45, 2.75) is 19.5 Å². The molecule has 3 rings (SSSR count). The highest BCUT2D eigenvalue weighted by atomic mass is 16.4. The Labute approximate surface area is 121 Å². The summed E-state index contributed by atoms with van der Waals surface area (Å²) in [5.74, 6) is -0.773. The molecule has 110 valence electrons. The second-order valence-electron chi connectivity index (χ2n) is 5.14. The lowest BCUT2D eigenvalue weighted by Gasteiger charge is -2.20. The van der Waals surface area contributed by atoms with Crippen LogP contribution in [0.2, 0.25) is 0 Å². The monoisotopic (exact) mass is 289 g/mol. The van der Waals surface area contributed by atoms with E-state index in [1.165, 1.54) is 0 Å². The van der Waals surface area contributed by atoms with E-state index in [-0.39, 0.29) is 5.91 Å². The van der Waals surface area contributed by atoms with Crippen LogP contribution in [0.4, 0.5) is 0 Å². The quantitative estimate of drug-likeness (QED) is 0.880. The Hall–Kier alpha value is -2.50. The van der Waals surface area contributed by atoms with Gasteiger partial charge in [0.15, 0.2) is 0 Å². The van der Waals surface area contributed by atoms with E-state index in [2.05, 4.69) is 0 Å². The first-order chi connectivity index (χ1) is 10.1. The van der Waals surface area contributed by atoms with E-state index in [4.69, 9.17) is 13.9 Å². The molecule has 1 aliphatic carbocycles. The van der Waals surface area contributed by atoms with Crippen LogP contribution in [0.25, 0.3) is 0 Å². The predicted octanol–water partition coefficient (Wildman–Crippen LogP) is 2.12. The van der Waals surface area contributed by atoms with Crippen LogP contribution in [0.15, 0.2) is 45.6 Å². The van der Waals surface area contributed by atoms with Crippen molar-refractivity contribution in [2.75, 3.05) is 0 Å². The number of carbonyl (C=O) groups is 2. The van der Waals surface area contributed by atoms with Crippen molar-refractivity contribution in [1.29, 1.82) is 0 Å². The van der Waals surface area contributed by atoms with Gasteiger partial charge in [0.2, 0.25) is 5.91 Å². The Morgan fingerprint density at radius 1 is 1.10 bits per heavy atom. The summed E-state index contributed by atoms with van der Waals surface area (Å²) >= 11 is 0. The average molecular weight is 289 g/mol. The summed E-state index contributed by atoms with van der Waals surface area (Å²) in [6, 6.07) is 7.07. The smallest absolute Gasteiger partial charge is 0.307 e. The zero-order valence-corrected chi connectivity index (χ0v) is 11.3. The number of aliphatic carboxylic acids is 1. The van der Waals surface area contributed by atoms with Gasteiger partial charge in [-0.05, 0) is 30.7 Å². The van der Waals surface area contributed by atoms with Gasteiger partial charge in [-0.15, -0.1) is 0 Å². The number of hydrogen-bond acceptors (Lipinski definition) is 4. The first-order valence-electron chi connectivity index (χ1n) is 6.71. The van der Waals surface area contributed by atoms with E-state index < -0.39 is 17.8 Å².